The predicted octanol–water partition coefficient (Wildman–Crippen LogP) is 4.04. The smallest absolute Gasteiger partial charge is 0.422 e. The molecule has 2 heterocycles. The van der Waals surface area contributed by atoms with Crippen molar-refractivity contribution in [1.29, 1.82) is 0 Å². The second-order valence-corrected chi connectivity index (χ2v) is 7.20. The van der Waals surface area contributed by atoms with E-state index in [4.69, 9.17) is 0 Å². The van der Waals surface area contributed by atoms with E-state index in [2.05, 4.69) is 15.0 Å². The lowest BCUT2D eigenvalue weighted by Gasteiger charge is -2.09. The maximum absolute atomic E-state index is 12.4. The number of halogens is 3. The van der Waals surface area contributed by atoms with E-state index in [9.17, 15) is 27.6 Å². The van der Waals surface area contributed by atoms with Gasteiger partial charge in [-0.1, -0.05) is 12.1 Å². The molecule has 0 fully saturated rings. The number of thiazole rings is 1. The predicted molar refractivity (Wildman–Crippen MR) is 96.8 cm³/mol. The number of carbonyl (C=O) groups excluding carboxylic acids is 3. The number of alkyl carbamates (subject to hydrolysis) is 1. The summed E-state index contributed by atoms with van der Waals surface area (Å²) in [6, 6.07) is 8.45. The van der Waals surface area contributed by atoms with Gasteiger partial charge in [-0.2, -0.15) is 13.2 Å². The molecule has 2 N–H and O–H groups in total. The first-order valence-corrected chi connectivity index (χ1v) is 9.22. The summed E-state index contributed by atoms with van der Waals surface area (Å²) in [5, 5.41) is 5.95. The summed E-state index contributed by atoms with van der Waals surface area (Å²) in [4.78, 5) is 40.0. The van der Waals surface area contributed by atoms with Crippen LogP contribution >= 0.6 is 22.7 Å². The summed E-state index contributed by atoms with van der Waals surface area (Å²) in [6.07, 6.45) is -6.25. The van der Waals surface area contributed by atoms with Gasteiger partial charge >= 0.3 is 12.3 Å². The zero-order valence-corrected chi connectivity index (χ0v) is 15.3. The first-order valence-electron chi connectivity index (χ1n) is 7.52. The van der Waals surface area contributed by atoms with E-state index in [1.165, 1.54) is 11.4 Å². The molecule has 3 rings (SSSR count). The fourth-order valence-corrected chi connectivity index (χ4v) is 3.69. The fourth-order valence-electron chi connectivity index (χ4n) is 2.05. The lowest BCUT2D eigenvalue weighted by atomic mass is 10.3. The van der Waals surface area contributed by atoms with E-state index in [0.717, 1.165) is 27.4 Å². The van der Waals surface area contributed by atoms with Gasteiger partial charge in [-0.3, -0.25) is 14.9 Å². The third kappa shape index (κ3) is 4.84. The van der Waals surface area contributed by atoms with E-state index in [1.807, 2.05) is 6.07 Å². The van der Waals surface area contributed by atoms with Gasteiger partial charge < -0.3 is 10.1 Å². The van der Waals surface area contributed by atoms with E-state index >= 15 is 0 Å². The Bertz CT molecular complexity index is 1010. The van der Waals surface area contributed by atoms with Crippen LogP contribution in [0.5, 0.6) is 0 Å². The topological polar surface area (TPSA) is 97.4 Å². The number of anilines is 1. The first kappa shape index (κ1) is 19.8. The molecule has 12 heteroatoms. The molecule has 0 unspecified atom stereocenters. The Morgan fingerprint density at radius 2 is 1.86 bits per heavy atom. The molecule has 1 aromatic carbocycles. The SMILES string of the molecule is O=C(NC(=O)c1ccsc1NC(=O)c1nc2ccccc2s1)OCC(F)(F)F. The molecular formula is C16H10F3N3O4S2. The number of imide groups is 1. The van der Waals surface area contributed by atoms with Gasteiger partial charge in [-0.25, -0.2) is 9.78 Å². The molecule has 0 aliphatic heterocycles. The van der Waals surface area contributed by atoms with Gasteiger partial charge in [0.25, 0.3) is 11.8 Å². The zero-order valence-electron chi connectivity index (χ0n) is 13.7. The van der Waals surface area contributed by atoms with Crippen LogP contribution in [-0.4, -0.2) is 35.7 Å². The van der Waals surface area contributed by atoms with Crippen LogP contribution in [0, 0.1) is 0 Å². The van der Waals surface area contributed by atoms with Gasteiger partial charge in [0.2, 0.25) is 0 Å². The minimum Gasteiger partial charge on any atom is -0.440 e. The highest BCUT2D eigenvalue weighted by Gasteiger charge is 2.30. The maximum atomic E-state index is 12.4. The number of fused-ring (bicyclic) bond motifs is 1. The van der Waals surface area contributed by atoms with Gasteiger partial charge in [0, 0.05) is 0 Å². The van der Waals surface area contributed by atoms with E-state index in [-0.39, 0.29) is 15.6 Å². The van der Waals surface area contributed by atoms with Gasteiger partial charge in [0.05, 0.1) is 15.8 Å². The molecule has 3 aromatic rings. The lowest BCUT2D eigenvalue weighted by Crippen LogP contribution is -2.33. The van der Waals surface area contributed by atoms with Gasteiger partial charge in [-0.15, -0.1) is 22.7 Å². The van der Waals surface area contributed by atoms with E-state index in [0.29, 0.717) is 5.52 Å². The number of benzene rings is 1. The van der Waals surface area contributed by atoms with Gasteiger partial charge in [0.1, 0.15) is 5.00 Å². The Labute approximate surface area is 163 Å². The van der Waals surface area contributed by atoms with Crippen LogP contribution < -0.4 is 10.6 Å². The van der Waals surface area contributed by atoms with Crippen LogP contribution in [0.25, 0.3) is 10.2 Å². The summed E-state index contributed by atoms with van der Waals surface area (Å²) in [5.74, 6) is -1.56. The summed E-state index contributed by atoms with van der Waals surface area (Å²) in [7, 11) is 0. The van der Waals surface area contributed by atoms with Crippen LogP contribution in [0.1, 0.15) is 20.2 Å². The number of aromatic nitrogens is 1. The molecule has 7 nitrogen and oxygen atoms in total. The Balaban J connectivity index is 1.66. The number of ether oxygens (including phenoxy) is 1. The highest BCUT2D eigenvalue weighted by Crippen LogP contribution is 2.26. The monoisotopic (exact) mass is 429 g/mol. The number of hydrogen-bond acceptors (Lipinski definition) is 7. The first-order chi connectivity index (χ1) is 13.2. The fraction of sp³-hybridized carbons (Fsp3) is 0.125. The van der Waals surface area contributed by atoms with Crippen molar-refractivity contribution in [2.45, 2.75) is 6.18 Å². The molecule has 2 aromatic heterocycles. The van der Waals surface area contributed by atoms with Crippen LogP contribution in [0.4, 0.5) is 23.0 Å². The molecule has 0 aliphatic rings. The Morgan fingerprint density at radius 3 is 2.57 bits per heavy atom. The molecule has 0 bridgehead atoms. The van der Waals surface area contributed by atoms with Crippen molar-refractivity contribution < 1.29 is 32.3 Å². The largest absolute Gasteiger partial charge is 0.440 e. The minimum atomic E-state index is -4.71. The van der Waals surface area contributed by atoms with Crippen molar-refractivity contribution in [1.82, 2.24) is 10.3 Å². The van der Waals surface area contributed by atoms with E-state index in [1.54, 1.807) is 23.5 Å². The standard InChI is InChI=1S/C16H10F3N3O4S2/c17-16(18,19)7-26-15(25)22-11(23)8-5-6-27-13(8)21-12(24)14-20-9-3-1-2-4-10(9)28-14/h1-6H,7H2,(H,21,24)(H,22,23,25). The number of rotatable bonds is 4. The molecule has 0 spiro atoms. The van der Waals surface area contributed by atoms with Crippen molar-refractivity contribution in [3.8, 4) is 0 Å². The van der Waals surface area contributed by atoms with Crippen LogP contribution in [0.3, 0.4) is 0 Å². The number of nitrogens with one attached hydrogen (secondary N) is 2. The zero-order chi connectivity index (χ0) is 20.3. The normalized spacial score (nSPS) is 11.2. The lowest BCUT2D eigenvalue weighted by molar-refractivity contribution is -0.160. The van der Waals surface area contributed by atoms with E-state index < -0.39 is 30.7 Å². The molecular weight excluding hydrogens is 419 g/mol. The number of para-hydroxylation sites is 1. The number of carbonyl (C=O) groups is 3. The molecule has 146 valence electrons. The van der Waals surface area contributed by atoms with Crippen molar-refractivity contribution in [3.63, 3.8) is 0 Å². The second-order valence-electron chi connectivity index (χ2n) is 5.25. The third-order valence-corrected chi connectivity index (χ3v) is 5.07. The highest BCUT2D eigenvalue weighted by molar-refractivity contribution is 7.20. The van der Waals surface area contributed by atoms with Crippen molar-refractivity contribution in [2.75, 3.05) is 11.9 Å². The second kappa shape index (κ2) is 7.94. The molecule has 0 saturated heterocycles. The Kier molecular flexibility index (Phi) is 5.61. The quantitative estimate of drug-likeness (QED) is 0.653. The third-order valence-electron chi connectivity index (χ3n) is 3.21. The minimum absolute atomic E-state index is 0.0941. The average Bonchev–Trinajstić information content (AvgIpc) is 3.25. The van der Waals surface area contributed by atoms with Crippen molar-refractivity contribution >= 4 is 55.8 Å². The van der Waals surface area contributed by atoms with Crippen LogP contribution in [-0.2, 0) is 4.74 Å². The summed E-state index contributed by atoms with van der Waals surface area (Å²) >= 11 is 2.17. The van der Waals surface area contributed by atoms with Crippen molar-refractivity contribution in [3.05, 3.63) is 46.3 Å². The molecule has 28 heavy (non-hydrogen) atoms. The number of hydrogen-bond donors (Lipinski definition) is 2. The summed E-state index contributed by atoms with van der Waals surface area (Å²) in [5.41, 5.74) is 0.553. The molecule has 0 saturated carbocycles. The average molecular weight is 429 g/mol. The number of amides is 3. The molecule has 0 radical (unpaired) electrons. The summed E-state index contributed by atoms with van der Waals surface area (Å²) < 4.78 is 40.8. The number of thiophene rings is 1. The maximum Gasteiger partial charge on any atom is 0.422 e. The molecule has 3 amide bonds. The Hall–Kier alpha value is -2.99. The van der Waals surface area contributed by atoms with Crippen LogP contribution in [0.15, 0.2) is 35.7 Å². The Morgan fingerprint density at radius 1 is 1.11 bits per heavy atom. The van der Waals surface area contributed by atoms with Crippen LogP contribution in [0.2, 0.25) is 0 Å². The number of nitrogens with zero attached hydrogens (tertiary/aromatic N) is 1. The van der Waals surface area contributed by atoms with Gasteiger partial charge in [0.15, 0.2) is 11.6 Å². The molecule has 0 aliphatic carbocycles. The summed E-state index contributed by atoms with van der Waals surface area (Å²) in [6.45, 7) is -1.82. The highest BCUT2D eigenvalue weighted by atomic mass is 32.1. The molecule has 0 atom stereocenters. The number of alkyl halides is 3. The van der Waals surface area contributed by atoms with Crippen molar-refractivity contribution in [2.24, 2.45) is 0 Å². The van der Waals surface area contributed by atoms with Gasteiger partial charge in [-0.05, 0) is 23.6 Å².